The number of benzene rings is 2. The number of hydrogen-bond donors (Lipinski definition) is 2. The summed E-state index contributed by atoms with van der Waals surface area (Å²) < 4.78 is 0. The SMILES string of the molecule is CC[C@H](NC(=O)c1cc(N2CCC[C@H]2CO)nc2ccccc12)c1ccccc1. The lowest BCUT2D eigenvalue weighted by molar-refractivity contribution is 0.0937. The van der Waals surface area contributed by atoms with E-state index in [9.17, 15) is 9.90 Å². The fraction of sp³-hybridized carbons (Fsp3) is 0.333. The predicted molar refractivity (Wildman–Crippen MR) is 116 cm³/mol. The maximum Gasteiger partial charge on any atom is 0.252 e. The zero-order valence-electron chi connectivity index (χ0n) is 16.7. The topological polar surface area (TPSA) is 65.5 Å². The minimum atomic E-state index is -0.0969. The molecule has 0 radical (unpaired) electrons. The van der Waals surface area contributed by atoms with Crippen molar-refractivity contribution >= 4 is 22.6 Å². The number of fused-ring (bicyclic) bond motifs is 1. The molecule has 0 aliphatic carbocycles. The van der Waals surface area contributed by atoms with Crippen LogP contribution in [0.25, 0.3) is 10.9 Å². The van der Waals surface area contributed by atoms with Gasteiger partial charge in [-0.1, -0.05) is 55.5 Å². The van der Waals surface area contributed by atoms with Gasteiger partial charge in [-0.15, -0.1) is 0 Å². The van der Waals surface area contributed by atoms with Crippen molar-refractivity contribution in [3.05, 3.63) is 71.8 Å². The molecule has 0 bridgehead atoms. The lowest BCUT2D eigenvalue weighted by Crippen LogP contribution is -2.33. The predicted octanol–water partition coefficient (Wildman–Crippen LogP) is 4.08. The van der Waals surface area contributed by atoms with Crippen LogP contribution in [0, 0.1) is 0 Å². The molecule has 0 saturated carbocycles. The lowest BCUT2D eigenvalue weighted by Gasteiger charge is -2.25. The van der Waals surface area contributed by atoms with Gasteiger partial charge in [-0.25, -0.2) is 4.98 Å². The average Bonchev–Trinajstić information content (AvgIpc) is 3.26. The maximum atomic E-state index is 13.3. The number of aromatic nitrogens is 1. The van der Waals surface area contributed by atoms with Gasteiger partial charge in [0.25, 0.3) is 5.91 Å². The maximum absolute atomic E-state index is 13.3. The average molecular weight is 389 g/mol. The van der Waals surface area contributed by atoms with E-state index in [4.69, 9.17) is 4.98 Å². The Kier molecular flexibility index (Phi) is 5.76. The molecule has 5 heteroatoms. The Morgan fingerprint density at radius 1 is 1.21 bits per heavy atom. The van der Waals surface area contributed by atoms with Crippen molar-refractivity contribution in [2.24, 2.45) is 0 Å². The molecule has 2 atom stereocenters. The number of hydrogen-bond acceptors (Lipinski definition) is 4. The van der Waals surface area contributed by atoms with Crippen LogP contribution in [0.15, 0.2) is 60.7 Å². The highest BCUT2D eigenvalue weighted by Gasteiger charge is 2.26. The Balaban J connectivity index is 1.71. The van der Waals surface area contributed by atoms with Crippen molar-refractivity contribution in [3.63, 3.8) is 0 Å². The van der Waals surface area contributed by atoms with Crippen LogP contribution in [-0.2, 0) is 0 Å². The van der Waals surface area contributed by atoms with Crippen LogP contribution < -0.4 is 10.2 Å². The molecular formula is C24H27N3O2. The highest BCUT2D eigenvalue weighted by atomic mass is 16.3. The van der Waals surface area contributed by atoms with E-state index < -0.39 is 0 Å². The molecule has 3 aromatic rings. The highest BCUT2D eigenvalue weighted by molar-refractivity contribution is 6.07. The number of aliphatic hydroxyl groups excluding tert-OH is 1. The standard InChI is InChI=1S/C24H27N3O2/c1-2-21(17-9-4-3-5-10-17)26-24(29)20-15-23(27-14-8-11-18(27)16-28)25-22-13-7-6-12-19(20)22/h3-7,9-10,12-13,15,18,21,28H,2,8,11,14,16H2,1H3,(H,26,29)/t18-,21-/m0/s1. The van der Waals surface area contributed by atoms with Crippen molar-refractivity contribution in [2.75, 3.05) is 18.1 Å². The van der Waals surface area contributed by atoms with E-state index in [-0.39, 0.29) is 24.6 Å². The Labute approximate surface area is 171 Å². The van der Waals surface area contributed by atoms with Gasteiger partial charge in [0.15, 0.2) is 0 Å². The fourth-order valence-corrected chi connectivity index (χ4v) is 4.17. The number of carbonyl (C=O) groups is 1. The Hall–Kier alpha value is -2.92. The first-order valence-corrected chi connectivity index (χ1v) is 10.3. The number of pyridine rings is 1. The molecule has 5 nitrogen and oxygen atoms in total. The summed E-state index contributed by atoms with van der Waals surface area (Å²) in [6.45, 7) is 3.02. The van der Waals surface area contributed by atoms with Gasteiger partial charge >= 0.3 is 0 Å². The Bertz CT molecular complexity index is 990. The molecule has 2 N–H and O–H groups in total. The number of anilines is 1. The minimum Gasteiger partial charge on any atom is -0.394 e. The van der Waals surface area contributed by atoms with E-state index in [2.05, 4.69) is 17.1 Å². The lowest BCUT2D eigenvalue weighted by atomic mass is 10.0. The summed E-state index contributed by atoms with van der Waals surface area (Å²) in [4.78, 5) is 20.2. The summed E-state index contributed by atoms with van der Waals surface area (Å²) in [5.74, 6) is 0.665. The minimum absolute atomic E-state index is 0.0453. The highest BCUT2D eigenvalue weighted by Crippen LogP contribution is 2.29. The summed E-state index contributed by atoms with van der Waals surface area (Å²) in [7, 11) is 0. The van der Waals surface area contributed by atoms with E-state index in [1.807, 2.05) is 60.7 Å². The van der Waals surface area contributed by atoms with Crippen LogP contribution >= 0.6 is 0 Å². The monoisotopic (exact) mass is 389 g/mol. The molecule has 2 aromatic carbocycles. The fourth-order valence-electron chi connectivity index (χ4n) is 4.17. The quantitative estimate of drug-likeness (QED) is 0.667. The Morgan fingerprint density at radius 2 is 1.97 bits per heavy atom. The molecule has 2 heterocycles. The third-order valence-electron chi connectivity index (χ3n) is 5.74. The van der Waals surface area contributed by atoms with Gasteiger partial charge in [-0.2, -0.15) is 0 Å². The van der Waals surface area contributed by atoms with Crippen LogP contribution in [0.5, 0.6) is 0 Å². The smallest absolute Gasteiger partial charge is 0.252 e. The van der Waals surface area contributed by atoms with Crippen LogP contribution in [0.1, 0.15) is 48.1 Å². The van der Waals surface area contributed by atoms with E-state index in [1.165, 1.54) is 0 Å². The van der Waals surface area contributed by atoms with Crippen LogP contribution in [-0.4, -0.2) is 35.2 Å². The Morgan fingerprint density at radius 3 is 2.72 bits per heavy atom. The zero-order chi connectivity index (χ0) is 20.2. The normalized spacial score (nSPS) is 17.4. The third kappa shape index (κ3) is 3.96. The molecule has 1 aliphatic rings. The van der Waals surface area contributed by atoms with E-state index in [0.29, 0.717) is 5.56 Å². The number of carbonyl (C=O) groups excluding carboxylic acids is 1. The number of amides is 1. The molecule has 1 saturated heterocycles. The van der Waals surface area contributed by atoms with Gasteiger partial charge in [0.05, 0.1) is 29.8 Å². The van der Waals surface area contributed by atoms with Gasteiger partial charge in [0.2, 0.25) is 0 Å². The second kappa shape index (κ2) is 8.62. The first kappa shape index (κ1) is 19.4. The number of aliphatic hydroxyl groups is 1. The number of nitrogens with one attached hydrogen (secondary N) is 1. The third-order valence-corrected chi connectivity index (χ3v) is 5.74. The van der Waals surface area contributed by atoms with E-state index in [0.717, 1.165) is 48.1 Å². The summed E-state index contributed by atoms with van der Waals surface area (Å²) in [5, 5.41) is 13.8. The first-order chi connectivity index (χ1) is 14.2. The molecule has 1 aromatic heterocycles. The molecule has 1 amide bonds. The number of rotatable bonds is 6. The summed E-state index contributed by atoms with van der Waals surface area (Å²) in [6, 6.07) is 19.7. The summed E-state index contributed by atoms with van der Waals surface area (Å²) in [6.07, 6.45) is 2.77. The molecule has 0 spiro atoms. The second-order valence-corrected chi connectivity index (χ2v) is 7.56. The van der Waals surface area contributed by atoms with Crippen LogP contribution in [0.4, 0.5) is 5.82 Å². The van der Waals surface area contributed by atoms with Crippen molar-refractivity contribution in [1.82, 2.24) is 10.3 Å². The second-order valence-electron chi connectivity index (χ2n) is 7.56. The summed E-state index contributed by atoms with van der Waals surface area (Å²) >= 11 is 0. The number of nitrogens with zero attached hydrogens (tertiary/aromatic N) is 2. The van der Waals surface area contributed by atoms with Gasteiger partial charge in [0.1, 0.15) is 5.82 Å². The molecule has 1 aliphatic heterocycles. The zero-order valence-corrected chi connectivity index (χ0v) is 16.7. The van der Waals surface area contributed by atoms with Gasteiger partial charge in [-0.05, 0) is 37.0 Å². The number of para-hydroxylation sites is 1. The van der Waals surface area contributed by atoms with Gasteiger partial charge < -0.3 is 15.3 Å². The van der Waals surface area contributed by atoms with Crippen molar-refractivity contribution in [1.29, 1.82) is 0 Å². The van der Waals surface area contributed by atoms with Crippen molar-refractivity contribution in [2.45, 2.75) is 38.3 Å². The van der Waals surface area contributed by atoms with Crippen LogP contribution in [0.3, 0.4) is 0 Å². The van der Waals surface area contributed by atoms with Crippen molar-refractivity contribution in [3.8, 4) is 0 Å². The molecular weight excluding hydrogens is 362 g/mol. The van der Waals surface area contributed by atoms with Gasteiger partial charge in [0, 0.05) is 11.9 Å². The first-order valence-electron chi connectivity index (χ1n) is 10.3. The largest absolute Gasteiger partial charge is 0.394 e. The summed E-state index contributed by atoms with van der Waals surface area (Å²) in [5.41, 5.74) is 2.52. The van der Waals surface area contributed by atoms with E-state index in [1.54, 1.807) is 0 Å². The van der Waals surface area contributed by atoms with Crippen LogP contribution in [0.2, 0.25) is 0 Å². The van der Waals surface area contributed by atoms with Crippen molar-refractivity contribution < 1.29 is 9.90 Å². The van der Waals surface area contributed by atoms with E-state index >= 15 is 0 Å². The molecule has 4 rings (SSSR count). The van der Waals surface area contributed by atoms with Gasteiger partial charge in [-0.3, -0.25) is 4.79 Å². The molecule has 150 valence electrons. The molecule has 1 fully saturated rings. The molecule has 0 unspecified atom stereocenters. The molecule has 29 heavy (non-hydrogen) atoms.